The fourth-order valence-corrected chi connectivity index (χ4v) is 5.32. The van der Waals surface area contributed by atoms with Gasteiger partial charge in [0, 0.05) is 51.1 Å². The molecule has 0 bridgehead atoms. The first-order valence-electron chi connectivity index (χ1n) is 12.3. The Morgan fingerprint density at radius 1 is 0.943 bits per heavy atom. The molecule has 1 saturated carbocycles. The largest absolute Gasteiger partial charge is 0.481 e. The minimum Gasteiger partial charge on any atom is -0.481 e. The zero-order valence-corrected chi connectivity index (χ0v) is 19.7. The summed E-state index contributed by atoms with van der Waals surface area (Å²) in [6, 6.07) is 16.5. The number of hydrogen-bond acceptors (Lipinski definition) is 5. The highest BCUT2D eigenvalue weighted by molar-refractivity contribution is 5.82. The second-order valence-electron chi connectivity index (χ2n) is 9.62. The van der Waals surface area contributed by atoms with Gasteiger partial charge in [0.1, 0.15) is 6.61 Å². The van der Waals surface area contributed by atoms with Crippen LogP contribution in [-0.4, -0.2) is 78.8 Å². The maximum Gasteiger partial charge on any atom is 0.407 e. The third-order valence-corrected chi connectivity index (χ3v) is 7.42. The molecule has 2 aliphatic carbocycles. The second kappa shape index (κ2) is 10.1. The van der Waals surface area contributed by atoms with E-state index in [0.717, 1.165) is 6.42 Å². The van der Waals surface area contributed by atoms with Crippen LogP contribution in [-0.2, 0) is 14.3 Å². The standard InChI is InChI=1S/C27H31N3O5/c31-25(32)9-10-29-11-13-30(14-12-29)26(33)23-15-18(23)16-28-27(34)35-17-24-21-7-3-1-5-19(21)20-6-2-4-8-22(20)24/h1-8,18,23-24H,9-17H2,(H,28,34)(H,31,32)/t18-,23-/m1/s1. The summed E-state index contributed by atoms with van der Waals surface area (Å²) in [5.74, 6) is -0.532. The highest BCUT2D eigenvalue weighted by Crippen LogP contribution is 2.44. The summed E-state index contributed by atoms with van der Waals surface area (Å²) in [5.41, 5.74) is 4.74. The molecule has 0 radical (unpaired) electrons. The van der Waals surface area contributed by atoms with Gasteiger partial charge in [-0.1, -0.05) is 48.5 Å². The number of nitrogens with one attached hydrogen (secondary N) is 1. The average molecular weight is 478 g/mol. The van der Waals surface area contributed by atoms with E-state index in [0.29, 0.717) is 39.3 Å². The first-order valence-corrected chi connectivity index (χ1v) is 12.3. The Kier molecular flexibility index (Phi) is 6.72. The number of rotatable bonds is 8. The predicted octanol–water partition coefficient (Wildman–Crippen LogP) is 2.78. The van der Waals surface area contributed by atoms with Gasteiger partial charge < -0.3 is 20.1 Å². The van der Waals surface area contributed by atoms with Gasteiger partial charge in [-0.25, -0.2) is 4.79 Å². The molecule has 2 aromatic carbocycles. The molecule has 2 fully saturated rings. The Bertz CT molecular complexity index is 1070. The Morgan fingerprint density at radius 2 is 1.57 bits per heavy atom. The third kappa shape index (κ3) is 5.17. The summed E-state index contributed by atoms with van der Waals surface area (Å²) in [7, 11) is 0. The van der Waals surface area contributed by atoms with Crippen LogP contribution in [0.4, 0.5) is 4.79 Å². The van der Waals surface area contributed by atoms with Crippen molar-refractivity contribution in [3.63, 3.8) is 0 Å². The molecule has 2 N–H and O–H groups in total. The van der Waals surface area contributed by atoms with Crippen molar-refractivity contribution in [3.8, 4) is 11.1 Å². The quantitative estimate of drug-likeness (QED) is 0.607. The third-order valence-electron chi connectivity index (χ3n) is 7.42. The van der Waals surface area contributed by atoms with Crippen LogP contribution in [0, 0.1) is 11.8 Å². The van der Waals surface area contributed by atoms with Crippen LogP contribution in [0.3, 0.4) is 0 Å². The van der Waals surface area contributed by atoms with Crippen molar-refractivity contribution in [3.05, 3.63) is 59.7 Å². The Morgan fingerprint density at radius 3 is 2.20 bits per heavy atom. The van der Waals surface area contributed by atoms with Crippen molar-refractivity contribution in [1.29, 1.82) is 0 Å². The van der Waals surface area contributed by atoms with Crippen LogP contribution in [0.25, 0.3) is 11.1 Å². The lowest BCUT2D eigenvalue weighted by molar-refractivity contribution is -0.138. The zero-order valence-electron chi connectivity index (χ0n) is 19.7. The maximum absolute atomic E-state index is 12.8. The molecular weight excluding hydrogens is 446 g/mol. The van der Waals surface area contributed by atoms with Crippen LogP contribution >= 0.6 is 0 Å². The number of amides is 2. The van der Waals surface area contributed by atoms with E-state index in [9.17, 15) is 14.4 Å². The molecule has 5 rings (SSSR count). The number of carbonyl (C=O) groups is 3. The van der Waals surface area contributed by atoms with Gasteiger partial charge in [-0.05, 0) is 34.6 Å². The fourth-order valence-electron chi connectivity index (χ4n) is 5.32. The number of carbonyl (C=O) groups excluding carboxylic acids is 2. The zero-order chi connectivity index (χ0) is 24.4. The van der Waals surface area contributed by atoms with Crippen LogP contribution < -0.4 is 5.32 Å². The molecule has 2 amide bonds. The number of ether oxygens (including phenoxy) is 1. The number of aliphatic carboxylic acids is 1. The number of hydrogen-bond donors (Lipinski definition) is 2. The van der Waals surface area contributed by atoms with Crippen molar-refractivity contribution >= 4 is 18.0 Å². The molecule has 1 saturated heterocycles. The van der Waals surface area contributed by atoms with Crippen molar-refractivity contribution in [2.45, 2.75) is 18.8 Å². The van der Waals surface area contributed by atoms with Crippen LogP contribution in [0.5, 0.6) is 0 Å². The minimum absolute atomic E-state index is 0.0255. The normalized spacial score (nSPS) is 21.2. The fraction of sp³-hybridized carbons (Fsp3) is 0.444. The number of alkyl carbamates (subject to hydrolysis) is 1. The maximum atomic E-state index is 12.8. The molecule has 8 nitrogen and oxygen atoms in total. The molecular formula is C27H31N3O5. The number of benzene rings is 2. The Labute approximate surface area is 204 Å². The molecule has 3 aliphatic rings. The molecule has 0 spiro atoms. The van der Waals surface area contributed by atoms with Gasteiger partial charge >= 0.3 is 12.1 Å². The number of nitrogens with zero attached hydrogens (tertiary/aromatic N) is 2. The van der Waals surface area contributed by atoms with Crippen LogP contribution in [0.1, 0.15) is 29.9 Å². The van der Waals surface area contributed by atoms with Gasteiger partial charge in [0.25, 0.3) is 0 Å². The van der Waals surface area contributed by atoms with Gasteiger partial charge in [-0.3, -0.25) is 14.5 Å². The second-order valence-corrected chi connectivity index (χ2v) is 9.62. The van der Waals surface area contributed by atoms with E-state index in [1.165, 1.54) is 22.3 Å². The van der Waals surface area contributed by atoms with E-state index in [1.807, 2.05) is 29.2 Å². The van der Waals surface area contributed by atoms with Gasteiger partial charge in [0.15, 0.2) is 0 Å². The summed E-state index contributed by atoms with van der Waals surface area (Å²) in [6.07, 6.45) is 0.457. The topological polar surface area (TPSA) is 99.2 Å². The van der Waals surface area contributed by atoms with E-state index in [1.54, 1.807) is 0 Å². The summed E-state index contributed by atoms with van der Waals surface area (Å²) >= 11 is 0. The van der Waals surface area contributed by atoms with E-state index < -0.39 is 12.1 Å². The van der Waals surface area contributed by atoms with E-state index in [4.69, 9.17) is 9.84 Å². The number of carboxylic acids is 1. The number of piperazine rings is 1. The molecule has 0 unspecified atom stereocenters. The molecule has 1 aliphatic heterocycles. The summed E-state index contributed by atoms with van der Waals surface area (Å²) in [4.78, 5) is 39.9. The highest BCUT2D eigenvalue weighted by Gasteiger charge is 2.45. The summed E-state index contributed by atoms with van der Waals surface area (Å²) < 4.78 is 5.59. The summed E-state index contributed by atoms with van der Waals surface area (Å²) in [5, 5.41) is 11.7. The number of fused-ring (bicyclic) bond motifs is 3. The molecule has 2 atom stereocenters. The van der Waals surface area contributed by atoms with Crippen LogP contribution in [0.15, 0.2) is 48.5 Å². The van der Waals surface area contributed by atoms with Crippen molar-refractivity contribution in [2.75, 3.05) is 45.9 Å². The van der Waals surface area contributed by atoms with Gasteiger partial charge in [0.2, 0.25) is 5.91 Å². The lowest BCUT2D eigenvalue weighted by Gasteiger charge is -2.34. The molecule has 2 aromatic rings. The molecule has 0 aromatic heterocycles. The average Bonchev–Trinajstić information content (AvgIpc) is 3.59. The lowest BCUT2D eigenvalue weighted by atomic mass is 9.98. The Hall–Kier alpha value is -3.39. The van der Waals surface area contributed by atoms with Crippen molar-refractivity contribution in [1.82, 2.24) is 15.1 Å². The SMILES string of the molecule is O=C(O)CCN1CCN(C(=O)[C@@H]2C[C@@H]2CNC(=O)OCC2c3ccccc3-c3ccccc32)CC1. The molecule has 1 heterocycles. The summed E-state index contributed by atoms with van der Waals surface area (Å²) in [6.45, 7) is 3.89. The number of carboxylic acid groups (broad SMARTS) is 1. The van der Waals surface area contributed by atoms with Crippen molar-refractivity contribution in [2.24, 2.45) is 11.8 Å². The lowest BCUT2D eigenvalue weighted by Crippen LogP contribution is -2.49. The van der Waals surface area contributed by atoms with E-state index in [2.05, 4.69) is 34.5 Å². The first kappa shape index (κ1) is 23.4. The predicted molar refractivity (Wildman–Crippen MR) is 130 cm³/mol. The molecule has 35 heavy (non-hydrogen) atoms. The molecule has 8 heteroatoms. The van der Waals surface area contributed by atoms with Crippen molar-refractivity contribution < 1.29 is 24.2 Å². The first-order chi connectivity index (χ1) is 17.0. The van der Waals surface area contributed by atoms with Crippen LogP contribution in [0.2, 0.25) is 0 Å². The minimum atomic E-state index is -0.798. The molecule has 184 valence electrons. The van der Waals surface area contributed by atoms with Gasteiger partial charge in [-0.15, -0.1) is 0 Å². The Balaban J connectivity index is 1.05. The van der Waals surface area contributed by atoms with Gasteiger partial charge in [0.05, 0.1) is 6.42 Å². The monoisotopic (exact) mass is 477 g/mol. The van der Waals surface area contributed by atoms with E-state index in [-0.39, 0.29) is 36.7 Å². The highest BCUT2D eigenvalue weighted by atomic mass is 16.5. The smallest absolute Gasteiger partial charge is 0.407 e. The van der Waals surface area contributed by atoms with E-state index >= 15 is 0 Å². The van der Waals surface area contributed by atoms with Gasteiger partial charge in [-0.2, -0.15) is 0 Å².